The lowest BCUT2D eigenvalue weighted by Gasteiger charge is -2.10. The number of benzene rings is 2. The van der Waals surface area contributed by atoms with Crippen LogP contribution in [0.3, 0.4) is 0 Å². The number of aromatic nitrogens is 4. The van der Waals surface area contributed by atoms with Gasteiger partial charge in [0.1, 0.15) is 17.4 Å². The van der Waals surface area contributed by atoms with E-state index in [2.05, 4.69) is 39.2 Å². The normalized spacial score (nSPS) is 11.0. The van der Waals surface area contributed by atoms with Crippen LogP contribution in [0.2, 0.25) is 5.02 Å². The summed E-state index contributed by atoms with van der Waals surface area (Å²) in [5.74, 6) is 2.35. The Balaban J connectivity index is 1.41. The average Bonchev–Trinajstić information content (AvgIpc) is 3.39. The summed E-state index contributed by atoms with van der Waals surface area (Å²) in [4.78, 5) is 4.76. The van der Waals surface area contributed by atoms with E-state index in [4.69, 9.17) is 21.3 Å². The Labute approximate surface area is 189 Å². The molecule has 0 spiro atoms. The molecule has 2 aromatic heterocycles. The van der Waals surface area contributed by atoms with Crippen molar-refractivity contribution >= 4 is 34.7 Å². The summed E-state index contributed by atoms with van der Waals surface area (Å²) in [7, 11) is 0. The van der Waals surface area contributed by atoms with Crippen molar-refractivity contribution in [2.24, 2.45) is 0 Å². The van der Waals surface area contributed by atoms with Crippen LogP contribution in [0.25, 0.3) is 10.6 Å². The molecule has 0 bridgehead atoms. The Bertz CT molecular complexity index is 1130. The number of nitrogens with zero attached hydrogens (tertiary/aromatic N) is 4. The molecule has 154 valence electrons. The van der Waals surface area contributed by atoms with E-state index in [1.807, 2.05) is 43.3 Å². The topological polar surface area (TPSA) is 52.8 Å². The van der Waals surface area contributed by atoms with E-state index in [0.29, 0.717) is 11.6 Å². The predicted molar refractivity (Wildman–Crippen MR) is 123 cm³/mol. The zero-order valence-electron chi connectivity index (χ0n) is 16.7. The zero-order valence-corrected chi connectivity index (χ0v) is 19.1. The number of ether oxygens (including phenoxy) is 1. The second kappa shape index (κ2) is 9.64. The van der Waals surface area contributed by atoms with Crippen molar-refractivity contribution in [1.82, 2.24) is 19.7 Å². The summed E-state index contributed by atoms with van der Waals surface area (Å²) >= 11 is 9.32. The summed E-state index contributed by atoms with van der Waals surface area (Å²) in [6.45, 7) is 5.20. The van der Waals surface area contributed by atoms with Crippen molar-refractivity contribution in [3.05, 3.63) is 76.0 Å². The second-order valence-electron chi connectivity index (χ2n) is 6.64. The Morgan fingerprint density at radius 2 is 1.97 bits per heavy atom. The van der Waals surface area contributed by atoms with Crippen LogP contribution >= 0.6 is 34.7 Å². The fraction of sp³-hybridized carbons (Fsp3) is 0.227. The summed E-state index contributed by atoms with van der Waals surface area (Å²) in [6, 6.07) is 15.8. The van der Waals surface area contributed by atoms with Crippen LogP contribution in [0.15, 0.2) is 59.1 Å². The van der Waals surface area contributed by atoms with Crippen LogP contribution in [0, 0.1) is 6.92 Å². The highest BCUT2D eigenvalue weighted by molar-refractivity contribution is 7.98. The maximum atomic E-state index is 6.02. The SMILES string of the molecule is CCn1c(COc2ccc(Cl)cc2C)nnc1SCc1csc(-c2ccccc2)n1. The molecule has 0 fully saturated rings. The molecule has 4 rings (SSSR count). The lowest BCUT2D eigenvalue weighted by Crippen LogP contribution is -2.07. The minimum Gasteiger partial charge on any atom is -0.485 e. The van der Waals surface area contributed by atoms with E-state index in [-0.39, 0.29) is 0 Å². The van der Waals surface area contributed by atoms with Crippen LogP contribution in [0.1, 0.15) is 24.0 Å². The van der Waals surface area contributed by atoms with E-state index >= 15 is 0 Å². The summed E-state index contributed by atoms with van der Waals surface area (Å²) in [5, 5.41) is 13.4. The molecule has 0 saturated heterocycles. The van der Waals surface area contributed by atoms with Gasteiger partial charge in [0.05, 0.1) is 5.69 Å². The third kappa shape index (κ3) is 4.86. The summed E-state index contributed by atoms with van der Waals surface area (Å²) < 4.78 is 8.03. The lowest BCUT2D eigenvalue weighted by molar-refractivity contribution is 0.286. The molecule has 4 aromatic rings. The van der Waals surface area contributed by atoms with Gasteiger partial charge >= 0.3 is 0 Å². The minimum absolute atomic E-state index is 0.360. The molecule has 0 aliphatic heterocycles. The Hall–Kier alpha value is -2.35. The fourth-order valence-corrected chi connectivity index (χ4v) is 5.06. The molecule has 0 saturated carbocycles. The van der Waals surface area contributed by atoms with Crippen LogP contribution in [0.4, 0.5) is 0 Å². The molecular weight excluding hydrogens is 436 g/mol. The number of halogens is 1. The fourth-order valence-electron chi connectivity index (χ4n) is 2.99. The molecule has 0 radical (unpaired) electrons. The Morgan fingerprint density at radius 3 is 2.73 bits per heavy atom. The summed E-state index contributed by atoms with van der Waals surface area (Å²) in [6.07, 6.45) is 0. The number of hydrogen-bond acceptors (Lipinski definition) is 6. The molecule has 0 amide bonds. The van der Waals surface area contributed by atoms with Gasteiger partial charge in [0.25, 0.3) is 0 Å². The number of aryl methyl sites for hydroxylation is 1. The van der Waals surface area contributed by atoms with Crippen molar-refractivity contribution in [2.75, 3.05) is 0 Å². The van der Waals surface area contributed by atoms with Crippen LogP contribution in [-0.2, 0) is 18.9 Å². The average molecular weight is 457 g/mol. The van der Waals surface area contributed by atoms with Crippen molar-refractivity contribution in [1.29, 1.82) is 0 Å². The van der Waals surface area contributed by atoms with Gasteiger partial charge in [0.15, 0.2) is 11.0 Å². The highest BCUT2D eigenvalue weighted by Crippen LogP contribution is 2.28. The highest BCUT2D eigenvalue weighted by Gasteiger charge is 2.14. The first kappa shape index (κ1) is 20.9. The number of rotatable bonds is 8. The quantitative estimate of drug-likeness (QED) is 0.293. The highest BCUT2D eigenvalue weighted by atomic mass is 35.5. The van der Waals surface area contributed by atoms with Gasteiger partial charge in [0, 0.05) is 28.3 Å². The van der Waals surface area contributed by atoms with Gasteiger partial charge in [-0.3, -0.25) is 0 Å². The van der Waals surface area contributed by atoms with Gasteiger partial charge in [-0.25, -0.2) is 4.98 Å². The molecule has 0 aliphatic rings. The second-order valence-corrected chi connectivity index (χ2v) is 8.88. The molecule has 0 atom stereocenters. The summed E-state index contributed by atoms with van der Waals surface area (Å²) in [5.41, 5.74) is 3.19. The van der Waals surface area contributed by atoms with E-state index < -0.39 is 0 Å². The van der Waals surface area contributed by atoms with Gasteiger partial charge in [-0.1, -0.05) is 53.7 Å². The molecule has 2 heterocycles. The van der Waals surface area contributed by atoms with Gasteiger partial charge in [-0.2, -0.15) is 0 Å². The van der Waals surface area contributed by atoms with Gasteiger partial charge in [0.2, 0.25) is 0 Å². The first-order valence-electron chi connectivity index (χ1n) is 9.57. The number of hydrogen-bond donors (Lipinski definition) is 0. The molecule has 0 N–H and O–H groups in total. The Morgan fingerprint density at radius 1 is 1.13 bits per heavy atom. The van der Waals surface area contributed by atoms with E-state index in [1.54, 1.807) is 23.1 Å². The third-order valence-electron chi connectivity index (χ3n) is 4.53. The molecule has 5 nitrogen and oxygen atoms in total. The van der Waals surface area contributed by atoms with Crippen LogP contribution in [-0.4, -0.2) is 19.7 Å². The Kier molecular flexibility index (Phi) is 6.72. The molecular formula is C22H21ClN4OS2. The van der Waals surface area contributed by atoms with Gasteiger partial charge < -0.3 is 9.30 Å². The third-order valence-corrected chi connectivity index (χ3v) is 6.70. The smallest absolute Gasteiger partial charge is 0.191 e. The largest absolute Gasteiger partial charge is 0.485 e. The van der Waals surface area contributed by atoms with E-state index in [0.717, 1.165) is 50.9 Å². The first-order valence-corrected chi connectivity index (χ1v) is 11.8. The number of thiazole rings is 1. The molecule has 2 aromatic carbocycles. The van der Waals surface area contributed by atoms with Crippen molar-refractivity contribution in [3.63, 3.8) is 0 Å². The van der Waals surface area contributed by atoms with Crippen molar-refractivity contribution in [3.8, 4) is 16.3 Å². The van der Waals surface area contributed by atoms with Gasteiger partial charge in [-0.05, 0) is 37.6 Å². The van der Waals surface area contributed by atoms with Crippen LogP contribution < -0.4 is 4.74 Å². The minimum atomic E-state index is 0.360. The first-order chi connectivity index (χ1) is 14.6. The maximum absolute atomic E-state index is 6.02. The van der Waals surface area contributed by atoms with Crippen molar-refractivity contribution < 1.29 is 4.74 Å². The molecule has 8 heteroatoms. The van der Waals surface area contributed by atoms with E-state index in [1.165, 1.54) is 0 Å². The van der Waals surface area contributed by atoms with Crippen LogP contribution in [0.5, 0.6) is 5.75 Å². The zero-order chi connectivity index (χ0) is 20.9. The van der Waals surface area contributed by atoms with Crippen molar-refractivity contribution in [2.45, 2.75) is 37.9 Å². The maximum Gasteiger partial charge on any atom is 0.191 e. The predicted octanol–water partition coefficient (Wildman–Crippen LogP) is 6.25. The monoisotopic (exact) mass is 456 g/mol. The van der Waals surface area contributed by atoms with Gasteiger partial charge in [-0.15, -0.1) is 21.5 Å². The lowest BCUT2D eigenvalue weighted by atomic mass is 10.2. The van der Waals surface area contributed by atoms with E-state index in [9.17, 15) is 0 Å². The molecule has 30 heavy (non-hydrogen) atoms. The standard InChI is InChI=1S/C22H21ClN4OS2/c1-3-27-20(12-28-19-10-9-17(23)11-15(19)2)25-26-22(27)30-14-18-13-29-21(24-18)16-7-5-4-6-8-16/h4-11,13H,3,12,14H2,1-2H3. The number of thioether (sulfide) groups is 1. The molecule has 0 unspecified atom stereocenters. The molecule has 0 aliphatic carbocycles.